The van der Waals surface area contributed by atoms with E-state index in [1.54, 1.807) is 0 Å². The van der Waals surface area contributed by atoms with Gasteiger partial charge in [0.25, 0.3) is 0 Å². The van der Waals surface area contributed by atoms with Crippen molar-refractivity contribution in [1.82, 2.24) is 4.98 Å². The van der Waals surface area contributed by atoms with Gasteiger partial charge in [0, 0.05) is 11.7 Å². The molecule has 0 amide bonds. The lowest BCUT2D eigenvalue weighted by molar-refractivity contribution is 0.0690. The van der Waals surface area contributed by atoms with Gasteiger partial charge in [-0.15, -0.1) is 0 Å². The Morgan fingerprint density at radius 2 is 2.08 bits per heavy atom. The molecule has 0 bridgehead atoms. The summed E-state index contributed by atoms with van der Waals surface area (Å²) in [4.78, 5) is 13.8. The van der Waals surface area contributed by atoms with Crippen LogP contribution in [0.25, 0.3) is 0 Å². The maximum absolute atomic E-state index is 10.3. The first-order valence-corrected chi connectivity index (χ1v) is 3.16. The van der Waals surface area contributed by atoms with Crippen molar-refractivity contribution in [1.29, 1.82) is 0 Å². The van der Waals surface area contributed by atoms with Crippen LogP contribution in [0, 0.1) is 0 Å². The molecule has 0 saturated carbocycles. The van der Waals surface area contributed by atoms with Crippen molar-refractivity contribution >= 4 is 18.6 Å². The predicted octanol–water partition coefficient (Wildman–Crippen LogP) is -1.54. The summed E-state index contributed by atoms with van der Waals surface area (Å²) >= 11 is 0. The fraction of sp³-hybridized carbons (Fsp3) is 0. The van der Waals surface area contributed by atoms with Crippen LogP contribution in [0.5, 0.6) is 0 Å². The molecule has 0 spiro atoms. The van der Waals surface area contributed by atoms with E-state index in [4.69, 9.17) is 15.2 Å². The molecule has 0 fully saturated rings. The number of carboxylic acids is 1. The summed E-state index contributed by atoms with van der Waals surface area (Å²) in [5.41, 5.74) is 0.0411. The molecular formula is C6H6BNO4. The zero-order valence-corrected chi connectivity index (χ0v) is 6.01. The average molecular weight is 167 g/mol. The van der Waals surface area contributed by atoms with E-state index in [9.17, 15) is 4.79 Å². The van der Waals surface area contributed by atoms with Gasteiger partial charge in [0.15, 0.2) is 0 Å². The first kappa shape index (κ1) is 8.70. The molecule has 6 heteroatoms. The lowest BCUT2D eigenvalue weighted by Crippen LogP contribution is -2.30. The van der Waals surface area contributed by atoms with Gasteiger partial charge in [-0.05, 0) is 6.07 Å². The van der Waals surface area contributed by atoms with Crippen LogP contribution in [0.3, 0.4) is 0 Å². The summed E-state index contributed by atoms with van der Waals surface area (Å²) in [6, 6.07) is 2.50. The Kier molecular flexibility index (Phi) is 2.42. The van der Waals surface area contributed by atoms with Crippen LogP contribution < -0.4 is 5.46 Å². The second-order valence-corrected chi connectivity index (χ2v) is 2.16. The van der Waals surface area contributed by atoms with E-state index in [0.29, 0.717) is 0 Å². The molecule has 5 nitrogen and oxygen atoms in total. The van der Waals surface area contributed by atoms with E-state index in [2.05, 4.69) is 4.98 Å². The van der Waals surface area contributed by atoms with Gasteiger partial charge < -0.3 is 15.2 Å². The Bertz CT molecular complexity index is 284. The first-order chi connectivity index (χ1) is 5.61. The Morgan fingerprint density at radius 1 is 1.42 bits per heavy atom. The maximum atomic E-state index is 10.3. The van der Waals surface area contributed by atoms with Crippen molar-refractivity contribution in [3.63, 3.8) is 0 Å². The number of carboxylic acid groups (broad SMARTS) is 1. The van der Waals surface area contributed by atoms with Gasteiger partial charge in [-0.25, -0.2) is 9.78 Å². The Labute approximate surface area is 68.5 Å². The van der Waals surface area contributed by atoms with Crippen LogP contribution in [0.1, 0.15) is 10.5 Å². The number of rotatable bonds is 2. The maximum Gasteiger partial charge on any atom is 0.490 e. The molecule has 0 atom stereocenters. The minimum Gasteiger partial charge on any atom is -0.477 e. The third kappa shape index (κ3) is 1.80. The monoisotopic (exact) mass is 167 g/mol. The fourth-order valence-electron chi connectivity index (χ4n) is 0.685. The SMILES string of the molecule is O=C(O)c1ccc(B(O)O)cn1. The third-order valence-corrected chi connectivity index (χ3v) is 1.30. The topological polar surface area (TPSA) is 90.7 Å². The summed E-state index contributed by atoms with van der Waals surface area (Å²) in [7, 11) is -1.61. The van der Waals surface area contributed by atoms with Crippen LogP contribution in [0.15, 0.2) is 18.3 Å². The molecule has 0 aromatic carbocycles. The van der Waals surface area contributed by atoms with Crippen molar-refractivity contribution in [2.24, 2.45) is 0 Å². The molecule has 0 aliphatic heterocycles. The Morgan fingerprint density at radius 3 is 2.42 bits per heavy atom. The minimum atomic E-state index is -1.61. The molecular weight excluding hydrogens is 161 g/mol. The van der Waals surface area contributed by atoms with Crippen LogP contribution in [-0.2, 0) is 0 Å². The number of hydrogen-bond acceptors (Lipinski definition) is 4. The van der Waals surface area contributed by atoms with Gasteiger partial charge in [-0.3, -0.25) is 0 Å². The molecule has 0 aliphatic carbocycles. The third-order valence-electron chi connectivity index (χ3n) is 1.30. The van der Waals surface area contributed by atoms with Crippen molar-refractivity contribution in [3.05, 3.63) is 24.0 Å². The number of hydrogen-bond donors (Lipinski definition) is 3. The molecule has 62 valence electrons. The van der Waals surface area contributed by atoms with Gasteiger partial charge >= 0.3 is 13.1 Å². The molecule has 1 heterocycles. The van der Waals surface area contributed by atoms with E-state index < -0.39 is 13.1 Å². The summed E-state index contributed by atoms with van der Waals surface area (Å²) in [5, 5.41) is 25.7. The van der Waals surface area contributed by atoms with Crippen molar-refractivity contribution in [2.75, 3.05) is 0 Å². The summed E-state index contributed by atoms with van der Waals surface area (Å²) in [6.45, 7) is 0. The number of carbonyl (C=O) groups is 1. The van der Waals surface area contributed by atoms with E-state index in [-0.39, 0.29) is 11.2 Å². The zero-order chi connectivity index (χ0) is 9.14. The van der Waals surface area contributed by atoms with Crippen molar-refractivity contribution < 1.29 is 19.9 Å². The molecule has 0 radical (unpaired) electrons. The van der Waals surface area contributed by atoms with Crippen LogP contribution in [0.4, 0.5) is 0 Å². The van der Waals surface area contributed by atoms with E-state index in [1.807, 2.05) is 0 Å². The Hall–Kier alpha value is -1.40. The first-order valence-electron chi connectivity index (χ1n) is 3.16. The molecule has 0 unspecified atom stereocenters. The largest absolute Gasteiger partial charge is 0.490 e. The molecule has 1 rings (SSSR count). The standard InChI is InChI=1S/C6H6BNO4/c9-6(10)5-2-1-4(3-8-5)7(11)12/h1-3,11-12H,(H,9,10). The minimum absolute atomic E-state index is 0.126. The quantitative estimate of drug-likeness (QED) is 0.464. The summed E-state index contributed by atoms with van der Waals surface area (Å²) in [6.07, 6.45) is 1.11. The van der Waals surface area contributed by atoms with Gasteiger partial charge in [-0.2, -0.15) is 0 Å². The highest BCUT2D eigenvalue weighted by Crippen LogP contribution is 1.90. The highest BCUT2D eigenvalue weighted by molar-refractivity contribution is 6.58. The summed E-state index contributed by atoms with van der Waals surface area (Å²) in [5.74, 6) is -1.14. The molecule has 12 heavy (non-hydrogen) atoms. The number of aromatic nitrogens is 1. The number of aromatic carboxylic acids is 1. The average Bonchev–Trinajstić information content (AvgIpc) is 2.04. The molecule has 3 N–H and O–H groups in total. The van der Waals surface area contributed by atoms with Crippen molar-refractivity contribution in [2.45, 2.75) is 0 Å². The molecule has 0 aliphatic rings. The molecule has 0 saturated heterocycles. The van der Waals surface area contributed by atoms with Crippen LogP contribution in [-0.4, -0.2) is 33.2 Å². The van der Waals surface area contributed by atoms with Crippen LogP contribution >= 0.6 is 0 Å². The number of nitrogens with zero attached hydrogens (tertiary/aromatic N) is 1. The fourth-order valence-corrected chi connectivity index (χ4v) is 0.685. The van der Waals surface area contributed by atoms with Gasteiger partial charge in [0.2, 0.25) is 0 Å². The Balaban J connectivity index is 2.93. The van der Waals surface area contributed by atoms with Gasteiger partial charge in [-0.1, -0.05) is 6.07 Å². The van der Waals surface area contributed by atoms with E-state index in [1.165, 1.54) is 12.1 Å². The smallest absolute Gasteiger partial charge is 0.477 e. The van der Waals surface area contributed by atoms with E-state index >= 15 is 0 Å². The van der Waals surface area contributed by atoms with Gasteiger partial charge in [0.1, 0.15) is 5.69 Å². The lowest BCUT2D eigenvalue weighted by Gasteiger charge is -1.97. The zero-order valence-electron chi connectivity index (χ0n) is 6.01. The van der Waals surface area contributed by atoms with Crippen molar-refractivity contribution in [3.8, 4) is 0 Å². The lowest BCUT2D eigenvalue weighted by atomic mass is 9.82. The van der Waals surface area contributed by atoms with Gasteiger partial charge in [0.05, 0.1) is 0 Å². The second-order valence-electron chi connectivity index (χ2n) is 2.16. The normalized spacial score (nSPS) is 9.50. The molecule has 1 aromatic heterocycles. The summed E-state index contributed by atoms with van der Waals surface area (Å²) < 4.78 is 0. The second kappa shape index (κ2) is 3.33. The highest BCUT2D eigenvalue weighted by Gasteiger charge is 2.12. The van der Waals surface area contributed by atoms with E-state index in [0.717, 1.165) is 6.20 Å². The molecule has 1 aromatic rings. The highest BCUT2D eigenvalue weighted by atomic mass is 16.4. The number of pyridine rings is 1. The predicted molar refractivity (Wildman–Crippen MR) is 41.0 cm³/mol. The van der Waals surface area contributed by atoms with Crippen LogP contribution in [0.2, 0.25) is 0 Å².